The van der Waals surface area contributed by atoms with Crippen molar-refractivity contribution in [2.75, 3.05) is 0 Å². The van der Waals surface area contributed by atoms with Crippen molar-refractivity contribution in [3.05, 3.63) is 0 Å². The van der Waals surface area contributed by atoms with Gasteiger partial charge >= 0.3 is 5.97 Å². The fourth-order valence-corrected chi connectivity index (χ4v) is 2.16. The van der Waals surface area contributed by atoms with Gasteiger partial charge in [-0.15, -0.1) is 0 Å². The predicted molar refractivity (Wildman–Crippen MR) is 77.1 cm³/mol. The Labute approximate surface area is 117 Å². The zero-order chi connectivity index (χ0) is 14.5. The quantitative estimate of drug-likeness (QED) is 0.534. The zero-order valence-corrected chi connectivity index (χ0v) is 12.4. The van der Waals surface area contributed by atoms with Gasteiger partial charge in [-0.25, -0.2) is 4.79 Å². The number of rotatable bonds is 12. The summed E-state index contributed by atoms with van der Waals surface area (Å²) < 4.78 is 0. The van der Waals surface area contributed by atoms with Gasteiger partial charge in [-0.3, -0.25) is 4.79 Å². The molecule has 1 amide bonds. The van der Waals surface area contributed by atoms with Crippen molar-refractivity contribution in [2.45, 2.75) is 84.1 Å². The highest BCUT2D eigenvalue weighted by Gasteiger charge is 2.17. The van der Waals surface area contributed by atoms with Crippen LogP contribution in [0.4, 0.5) is 0 Å². The highest BCUT2D eigenvalue weighted by Crippen LogP contribution is 2.11. The van der Waals surface area contributed by atoms with Crippen LogP contribution in [-0.4, -0.2) is 23.0 Å². The van der Waals surface area contributed by atoms with E-state index in [2.05, 4.69) is 12.2 Å². The molecule has 0 aliphatic carbocycles. The number of carbonyl (C=O) groups is 2. The Hall–Kier alpha value is -1.06. The molecule has 0 aliphatic heterocycles. The second-order valence-electron chi connectivity index (χ2n) is 5.21. The summed E-state index contributed by atoms with van der Waals surface area (Å²) >= 11 is 0. The third-order valence-electron chi connectivity index (χ3n) is 3.27. The molecular weight excluding hydrogens is 242 g/mol. The summed E-state index contributed by atoms with van der Waals surface area (Å²) in [5.74, 6) is -1.21. The topological polar surface area (TPSA) is 66.4 Å². The van der Waals surface area contributed by atoms with Crippen molar-refractivity contribution < 1.29 is 14.7 Å². The summed E-state index contributed by atoms with van der Waals surface area (Å²) in [7, 11) is 0. The number of carbonyl (C=O) groups excluding carboxylic acids is 1. The van der Waals surface area contributed by atoms with Gasteiger partial charge in [0.2, 0.25) is 5.91 Å². The van der Waals surface area contributed by atoms with Crippen LogP contribution in [0.5, 0.6) is 0 Å². The van der Waals surface area contributed by atoms with Crippen molar-refractivity contribution in [2.24, 2.45) is 0 Å². The van der Waals surface area contributed by atoms with E-state index >= 15 is 0 Å². The Bertz CT molecular complexity index is 254. The highest BCUT2D eigenvalue weighted by atomic mass is 16.4. The first-order chi connectivity index (χ1) is 9.07. The molecule has 0 fully saturated rings. The van der Waals surface area contributed by atoms with Crippen LogP contribution in [0.3, 0.4) is 0 Å². The van der Waals surface area contributed by atoms with E-state index in [1.165, 1.54) is 51.9 Å². The van der Waals surface area contributed by atoms with E-state index in [9.17, 15) is 9.59 Å². The summed E-state index contributed by atoms with van der Waals surface area (Å²) in [6.07, 6.45) is 11.4. The lowest BCUT2D eigenvalue weighted by molar-refractivity contribution is -0.141. The predicted octanol–water partition coefficient (Wildman–Crippen LogP) is 3.50. The molecule has 0 rings (SSSR count). The lowest BCUT2D eigenvalue weighted by Crippen LogP contribution is -2.39. The third kappa shape index (κ3) is 11.7. The Morgan fingerprint density at radius 2 is 1.42 bits per heavy atom. The van der Waals surface area contributed by atoms with Crippen LogP contribution in [0.1, 0.15) is 78.1 Å². The summed E-state index contributed by atoms with van der Waals surface area (Å²) in [5.41, 5.74) is 0. The molecule has 0 aliphatic rings. The van der Waals surface area contributed by atoms with Crippen LogP contribution in [0.2, 0.25) is 0 Å². The number of amides is 1. The van der Waals surface area contributed by atoms with E-state index < -0.39 is 12.0 Å². The third-order valence-corrected chi connectivity index (χ3v) is 3.27. The Kier molecular flexibility index (Phi) is 11.3. The van der Waals surface area contributed by atoms with Gasteiger partial charge in [-0.1, -0.05) is 64.7 Å². The van der Waals surface area contributed by atoms with Crippen LogP contribution in [0.15, 0.2) is 0 Å². The average molecular weight is 271 g/mol. The van der Waals surface area contributed by atoms with Gasteiger partial charge in [0, 0.05) is 6.92 Å². The van der Waals surface area contributed by atoms with E-state index in [4.69, 9.17) is 5.11 Å². The van der Waals surface area contributed by atoms with Gasteiger partial charge < -0.3 is 10.4 Å². The SMILES string of the molecule is CCCCCCCCCCC[C@@H](NC(C)=O)C(=O)O. The van der Waals surface area contributed by atoms with Crippen LogP contribution in [0.25, 0.3) is 0 Å². The second kappa shape index (κ2) is 12.0. The monoisotopic (exact) mass is 271 g/mol. The number of carboxylic acid groups (broad SMARTS) is 1. The first-order valence-electron chi connectivity index (χ1n) is 7.57. The summed E-state index contributed by atoms with van der Waals surface area (Å²) in [4.78, 5) is 21.7. The minimum absolute atomic E-state index is 0.275. The van der Waals surface area contributed by atoms with Crippen LogP contribution in [0, 0.1) is 0 Å². The molecule has 0 heterocycles. The number of aliphatic carboxylic acids is 1. The molecule has 0 spiro atoms. The standard InChI is InChI=1S/C15H29NO3/c1-3-4-5-6-7-8-9-10-11-12-14(15(18)19)16-13(2)17/h14H,3-12H2,1-2H3,(H,16,17)(H,18,19)/t14-/m1/s1. The van der Waals surface area contributed by atoms with Crippen molar-refractivity contribution in [3.63, 3.8) is 0 Å². The van der Waals surface area contributed by atoms with Gasteiger partial charge in [0.1, 0.15) is 6.04 Å². The van der Waals surface area contributed by atoms with Gasteiger partial charge in [-0.2, -0.15) is 0 Å². The molecule has 0 aromatic heterocycles. The Morgan fingerprint density at radius 3 is 1.84 bits per heavy atom. The lowest BCUT2D eigenvalue weighted by Gasteiger charge is -2.12. The minimum atomic E-state index is -0.935. The van der Waals surface area contributed by atoms with Crippen molar-refractivity contribution >= 4 is 11.9 Å². The first-order valence-corrected chi connectivity index (χ1v) is 7.57. The maximum absolute atomic E-state index is 10.9. The first kappa shape index (κ1) is 17.9. The van der Waals surface area contributed by atoms with Gasteiger partial charge in [0.15, 0.2) is 0 Å². The number of hydrogen-bond acceptors (Lipinski definition) is 2. The molecule has 0 saturated carbocycles. The molecule has 1 atom stereocenters. The Balaban J connectivity index is 3.45. The number of carboxylic acids is 1. The van der Waals surface area contributed by atoms with Gasteiger partial charge in [0.05, 0.1) is 0 Å². The largest absolute Gasteiger partial charge is 0.480 e. The molecular formula is C15H29NO3. The molecule has 19 heavy (non-hydrogen) atoms. The second-order valence-corrected chi connectivity index (χ2v) is 5.21. The minimum Gasteiger partial charge on any atom is -0.480 e. The molecule has 112 valence electrons. The van der Waals surface area contributed by atoms with Gasteiger partial charge in [0.25, 0.3) is 0 Å². The summed E-state index contributed by atoms with van der Waals surface area (Å²) in [6, 6.07) is -0.720. The van der Waals surface area contributed by atoms with E-state index in [1.807, 2.05) is 0 Å². The van der Waals surface area contributed by atoms with Crippen molar-refractivity contribution in [1.29, 1.82) is 0 Å². The Morgan fingerprint density at radius 1 is 0.947 bits per heavy atom. The van der Waals surface area contributed by atoms with Crippen LogP contribution in [-0.2, 0) is 9.59 Å². The van der Waals surface area contributed by atoms with E-state index in [0.717, 1.165) is 12.8 Å². The fourth-order valence-electron chi connectivity index (χ4n) is 2.16. The van der Waals surface area contributed by atoms with E-state index in [-0.39, 0.29) is 5.91 Å². The van der Waals surface area contributed by atoms with Gasteiger partial charge in [-0.05, 0) is 6.42 Å². The van der Waals surface area contributed by atoms with Crippen LogP contribution < -0.4 is 5.32 Å². The maximum atomic E-state index is 10.9. The normalized spacial score (nSPS) is 12.1. The fraction of sp³-hybridized carbons (Fsp3) is 0.867. The van der Waals surface area contributed by atoms with Crippen molar-refractivity contribution in [3.8, 4) is 0 Å². The lowest BCUT2D eigenvalue weighted by atomic mass is 10.0. The zero-order valence-electron chi connectivity index (χ0n) is 12.4. The summed E-state index contributed by atoms with van der Waals surface area (Å²) in [6.45, 7) is 3.57. The number of nitrogens with one attached hydrogen (secondary N) is 1. The molecule has 0 radical (unpaired) electrons. The number of unbranched alkanes of at least 4 members (excludes halogenated alkanes) is 8. The molecule has 0 unspecified atom stereocenters. The van der Waals surface area contributed by atoms with Crippen molar-refractivity contribution in [1.82, 2.24) is 5.32 Å². The maximum Gasteiger partial charge on any atom is 0.326 e. The molecule has 0 saturated heterocycles. The molecule has 0 aromatic rings. The molecule has 4 heteroatoms. The molecule has 2 N–H and O–H groups in total. The smallest absolute Gasteiger partial charge is 0.326 e. The average Bonchev–Trinajstić information content (AvgIpc) is 2.34. The highest BCUT2D eigenvalue weighted by molar-refractivity contribution is 5.81. The molecule has 4 nitrogen and oxygen atoms in total. The van der Waals surface area contributed by atoms with Crippen LogP contribution >= 0.6 is 0 Å². The molecule has 0 aromatic carbocycles. The van der Waals surface area contributed by atoms with E-state index in [1.54, 1.807) is 0 Å². The summed E-state index contributed by atoms with van der Waals surface area (Å²) in [5, 5.41) is 11.4. The molecule has 0 bridgehead atoms. The van der Waals surface area contributed by atoms with E-state index in [0.29, 0.717) is 6.42 Å². The number of hydrogen-bond donors (Lipinski definition) is 2.